The van der Waals surface area contributed by atoms with Crippen molar-refractivity contribution >= 4 is 9.84 Å². The molecule has 0 spiro atoms. The third-order valence-corrected chi connectivity index (χ3v) is 3.30. The van der Waals surface area contributed by atoms with Crippen LogP contribution in [0.4, 0.5) is 0 Å². The topological polar surface area (TPSA) is 76.9 Å². The van der Waals surface area contributed by atoms with Crippen LogP contribution in [0.1, 0.15) is 19.7 Å². The number of sulfone groups is 1. The van der Waals surface area contributed by atoms with Gasteiger partial charge in [0.15, 0.2) is 0 Å². The van der Waals surface area contributed by atoms with Crippen molar-refractivity contribution in [3.63, 3.8) is 0 Å². The summed E-state index contributed by atoms with van der Waals surface area (Å²) in [5, 5.41) is 10.9. The fourth-order valence-corrected chi connectivity index (χ4v) is 2.48. The van der Waals surface area contributed by atoms with E-state index >= 15 is 0 Å². The molecule has 0 saturated heterocycles. The van der Waals surface area contributed by atoms with Crippen molar-refractivity contribution < 1.29 is 8.42 Å². The van der Waals surface area contributed by atoms with Gasteiger partial charge in [0, 0.05) is 18.8 Å². The molecule has 16 heavy (non-hydrogen) atoms. The van der Waals surface area contributed by atoms with Crippen molar-refractivity contribution in [2.75, 3.05) is 12.0 Å². The minimum Gasteiger partial charge on any atom is -0.317 e. The van der Waals surface area contributed by atoms with E-state index in [1.807, 2.05) is 18.4 Å². The van der Waals surface area contributed by atoms with Gasteiger partial charge in [-0.05, 0) is 13.8 Å². The highest BCUT2D eigenvalue weighted by Gasteiger charge is 2.11. The van der Waals surface area contributed by atoms with Crippen LogP contribution in [0.25, 0.3) is 0 Å². The summed E-state index contributed by atoms with van der Waals surface area (Å²) in [5.41, 5.74) is 0. The fraction of sp³-hybridized carbons (Fsp3) is 0.778. The summed E-state index contributed by atoms with van der Waals surface area (Å²) in [4.78, 5) is 0. The highest BCUT2D eigenvalue weighted by molar-refractivity contribution is 7.90. The van der Waals surface area contributed by atoms with Crippen LogP contribution in [0, 0.1) is 0 Å². The molecular weight excluding hydrogens is 228 g/mol. The summed E-state index contributed by atoms with van der Waals surface area (Å²) in [7, 11) is -2.94. The molecule has 1 aromatic rings. The maximum atomic E-state index is 11.1. The first-order valence-corrected chi connectivity index (χ1v) is 7.26. The molecule has 0 aromatic carbocycles. The molecule has 0 aliphatic rings. The van der Waals surface area contributed by atoms with Gasteiger partial charge in [0.05, 0.1) is 12.3 Å². The Bertz CT molecular complexity index is 426. The van der Waals surface area contributed by atoms with Gasteiger partial charge < -0.3 is 9.88 Å². The first-order chi connectivity index (χ1) is 7.42. The predicted octanol–water partition coefficient (Wildman–Crippen LogP) is -0.179. The number of hydrogen-bond acceptors (Lipinski definition) is 5. The van der Waals surface area contributed by atoms with E-state index in [0.717, 1.165) is 12.4 Å². The number of hydrogen-bond donors (Lipinski definition) is 1. The van der Waals surface area contributed by atoms with Gasteiger partial charge in [0.2, 0.25) is 0 Å². The number of aryl methyl sites for hydroxylation is 1. The summed E-state index contributed by atoms with van der Waals surface area (Å²) in [6.07, 6.45) is 2.90. The highest BCUT2D eigenvalue weighted by Crippen LogP contribution is 1.96. The molecule has 0 aliphatic carbocycles. The number of aromatic nitrogens is 3. The Hall–Kier alpha value is -0.950. The number of nitrogens with zero attached hydrogens (tertiary/aromatic N) is 3. The zero-order valence-corrected chi connectivity index (χ0v) is 10.7. The monoisotopic (exact) mass is 246 g/mol. The summed E-state index contributed by atoms with van der Waals surface area (Å²) in [6, 6.07) is -0.0861. The average molecular weight is 246 g/mol. The maximum absolute atomic E-state index is 11.1. The van der Waals surface area contributed by atoms with Crippen LogP contribution >= 0.6 is 0 Å². The van der Waals surface area contributed by atoms with Gasteiger partial charge in [-0.15, -0.1) is 10.2 Å². The molecule has 1 rings (SSSR count). The van der Waals surface area contributed by atoms with Crippen LogP contribution in [0.15, 0.2) is 6.33 Å². The van der Waals surface area contributed by atoms with E-state index in [4.69, 9.17) is 0 Å². The SMILES string of the molecule is CCn1cnnc1CNC(C)CS(C)(=O)=O. The lowest BCUT2D eigenvalue weighted by Gasteiger charge is -2.12. The second kappa shape index (κ2) is 5.40. The van der Waals surface area contributed by atoms with Crippen molar-refractivity contribution in [1.82, 2.24) is 20.1 Å². The van der Waals surface area contributed by atoms with E-state index in [1.165, 1.54) is 6.26 Å². The fourth-order valence-electron chi connectivity index (χ4n) is 1.46. The van der Waals surface area contributed by atoms with Crippen molar-refractivity contribution in [2.45, 2.75) is 33.0 Å². The van der Waals surface area contributed by atoms with Gasteiger partial charge in [-0.3, -0.25) is 0 Å². The van der Waals surface area contributed by atoms with E-state index in [2.05, 4.69) is 15.5 Å². The van der Waals surface area contributed by atoms with Gasteiger partial charge in [-0.25, -0.2) is 8.42 Å². The Morgan fingerprint density at radius 2 is 2.25 bits per heavy atom. The van der Waals surface area contributed by atoms with Crippen LogP contribution in [0.5, 0.6) is 0 Å². The molecule has 0 amide bonds. The second-order valence-corrected chi connectivity index (χ2v) is 6.09. The lowest BCUT2D eigenvalue weighted by Crippen LogP contribution is -2.33. The molecule has 0 radical (unpaired) electrons. The first kappa shape index (κ1) is 13.1. The predicted molar refractivity (Wildman–Crippen MR) is 61.7 cm³/mol. The average Bonchev–Trinajstić information content (AvgIpc) is 2.59. The van der Waals surface area contributed by atoms with Crippen LogP contribution in [-0.4, -0.2) is 41.2 Å². The molecule has 1 unspecified atom stereocenters. The van der Waals surface area contributed by atoms with Crippen molar-refractivity contribution in [2.24, 2.45) is 0 Å². The van der Waals surface area contributed by atoms with E-state index in [-0.39, 0.29) is 11.8 Å². The zero-order chi connectivity index (χ0) is 12.2. The lowest BCUT2D eigenvalue weighted by molar-refractivity contribution is 0.538. The number of nitrogens with one attached hydrogen (secondary N) is 1. The Morgan fingerprint density at radius 1 is 1.56 bits per heavy atom. The quantitative estimate of drug-likeness (QED) is 0.753. The molecule has 6 nitrogen and oxygen atoms in total. The molecule has 0 fully saturated rings. The molecule has 7 heteroatoms. The third kappa shape index (κ3) is 4.28. The summed E-state index contributed by atoms with van der Waals surface area (Å²) < 4.78 is 24.0. The minimum atomic E-state index is -2.94. The Kier molecular flexibility index (Phi) is 4.43. The Balaban J connectivity index is 2.46. The lowest BCUT2D eigenvalue weighted by atomic mass is 10.4. The van der Waals surface area contributed by atoms with Gasteiger partial charge in [0.25, 0.3) is 0 Å². The largest absolute Gasteiger partial charge is 0.317 e. The van der Waals surface area contributed by atoms with Crippen molar-refractivity contribution in [3.05, 3.63) is 12.2 Å². The summed E-state index contributed by atoms with van der Waals surface area (Å²) in [5.74, 6) is 0.954. The van der Waals surface area contributed by atoms with Gasteiger partial charge in [0.1, 0.15) is 22.0 Å². The third-order valence-electron chi connectivity index (χ3n) is 2.20. The van der Waals surface area contributed by atoms with Gasteiger partial charge in [-0.2, -0.15) is 0 Å². The zero-order valence-electron chi connectivity index (χ0n) is 9.84. The van der Waals surface area contributed by atoms with Crippen molar-refractivity contribution in [3.8, 4) is 0 Å². The number of rotatable bonds is 6. The molecule has 0 bridgehead atoms. The molecule has 92 valence electrons. The smallest absolute Gasteiger partial charge is 0.148 e. The summed E-state index contributed by atoms with van der Waals surface area (Å²) in [6.45, 7) is 5.19. The van der Waals surface area contributed by atoms with Crippen molar-refractivity contribution in [1.29, 1.82) is 0 Å². The van der Waals surface area contributed by atoms with Crippen LogP contribution in [0.2, 0.25) is 0 Å². The highest BCUT2D eigenvalue weighted by atomic mass is 32.2. The molecule has 1 atom stereocenters. The maximum Gasteiger partial charge on any atom is 0.148 e. The normalized spacial score (nSPS) is 13.9. The second-order valence-electron chi connectivity index (χ2n) is 3.91. The molecule has 1 heterocycles. The summed E-state index contributed by atoms with van der Waals surface area (Å²) >= 11 is 0. The van der Waals surface area contributed by atoms with E-state index < -0.39 is 9.84 Å². The van der Waals surface area contributed by atoms with Gasteiger partial charge >= 0.3 is 0 Å². The van der Waals surface area contributed by atoms with Gasteiger partial charge in [-0.1, -0.05) is 0 Å². The van der Waals surface area contributed by atoms with E-state index in [1.54, 1.807) is 6.33 Å². The van der Waals surface area contributed by atoms with Crippen LogP contribution in [0.3, 0.4) is 0 Å². The molecular formula is C9H18N4O2S. The Morgan fingerprint density at radius 3 is 2.81 bits per heavy atom. The van der Waals surface area contributed by atoms with E-state index in [9.17, 15) is 8.42 Å². The standard InChI is InChI=1S/C9H18N4O2S/c1-4-13-7-11-12-9(13)5-10-8(2)6-16(3,14)15/h7-8,10H,4-6H2,1-3H3. The van der Waals surface area contributed by atoms with Crippen LogP contribution in [-0.2, 0) is 22.9 Å². The molecule has 0 aliphatic heterocycles. The Labute approximate surface area is 96.0 Å². The van der Waals surface area contributed by atoms with E-state index in [0.29, 0.717) is 6.54 Å². The molecule has 1 N–H and O–H groups in total. The molecule has 1 aromatic heterocycles. The first-order valence-electron chi connectivity index (χ1n) is 5.20. The van der Waals surface area contributed by atoms with Crippen LogP contribution < -0.4 is 5.32 Å². The minimum absolute atomic E-state index is 0.0861. The molecule has 0 saturated carbocycles.